The molecule has 2 N–H and O–H groups in total. The monoisotopic (exact) mass is 246 g/mol. The van der Waals surface area contributed by atoms with Gasteiger partial charge in [-0.3, -0.25) is 9.78 Å². The smallest absolute Gasteiger partial charge is 0.282 e. The average Bonchev–Trinajstić information content (AvgIpc) is 2.41. The molecule has 3 aliphatic heterocycles. The van der Waals surface area contributed by atoms with Crippen LogP contribution in [0.15, 0.2) is 24.4 Å². The lowest BCUT2D eigenvalue weighted by Crippen LogP contribution is -2.62. The lowest BCUT2D eigenvalue weighted by atomic mass is 9.83. The maximum atomic E-state index is 11.9. The summed E-state index contributed by atoms with van der Waals surface area (Å²) in [7, 11) is 0. The van der Waals surface area contributed by atoms with Gasteiger partial charge in [0.2, 0.25) is 6.04 Å². The van der Waals surface area contributed by atoms with Crippen molar-refractivity contribution in [1.82, 2.24) is 4.98 Å². The molecule has 1 unspecified atom stereocenters. The van der Waals surface area contributed by atoms with Crippen LogP contribution in [-0.4, -0.2) is 35.0 Å². The highest BCUT2D eigenvalue weighted by molar-refractivity contribution is 5.79. The highest BCUT2D eigenvalue weighted by atomic mass is 16.1. The minimum atomic E-state index is -0.257. The van der Waals surface area contributed by atoms with Crippen molar-refractivity contribution in [1.29, 1.82) is 0 Å². The molecule has 3 aliphatic rings. The van der Waals surface area contributed by atoms with Crippen LogP contribution in [0.25, 0.3) is 0 Å². The molecule has 0 radical (unpaired) electrons. The topological polar surface area (TPSA) is 56.0 Å². The van der Waals surface area contributed by atoms with E-state index in [1.165, 1.54) is 19.3 Å². The summed E-state index contributed by atoms with van der Waals surface area (Å²) < 4.78 is 0.836. The Kier molecular flexibility index (Phi) is 2.82. The minimum absolute atomic E-state index is 0.228. The number of rotatable bonds is 3. The molecule has 1 aromatic heterocycles. The van der Waals surface area contributed by atoms with E-state index in [9.17, 15) is 4.79 Å². The fourth-order valence-electron chi connectivity index (χ4n) is 3.71. The summed E-state index contributed by atoms with van der Waals surface area (Å²) in [6, 6.07) is 5.49. The number of hydrogen-bond donors (Lipinski definition) is 1. The number of aromatic nitrogens is 1. The molecule has 3 saturated heterocycles. The molecule has 0 saturated carbocycles. The van der Waals surface area contributed by atoms with Crippen LogP contribution in [0, 0.1) is 5.92 Å². The van der Waals surface area contributed by atoms with Crippen molar-refractivity contribution in [3.8, 4) is 0 Å². The molecule has 1 amide bonds. The quantitative estimate of drug-likeness (QED) is 0.816. The van der Waals surface area contributed by atoms with Gasteiger partial charge in [-0.05, 0) is 37.3 Å². The molecule has 4 heteroatoms. The fourth-order valence-corrected chi connectivity index (χ4v) is 3.71. The largest absolute Gasteiger partial charge is 0.364 e. The second-order valence-electron chi connectivity index (χ2n) is 5.68. The molecule has 4 heterocycles. The minimum Gasteiger partial charge on any atom is -0.364 e. The molecule has 18 heavy (non-hydrogen) atoms. The number of primary amides is 1. The molecule has 1 aromatic rings. The Labute approximate surface area is 107 Å². The number of nitrogens with two attached hydrogens (primary N) is 1. The van der Waals surface area contributed by atoms with E-state index in [2.05, 4.69) is 4.98 Å². The van der Waals surface area contributed by atoms with Crippen LogP contribution in [0.5, 0.6) is 0 Å². The van der Waals surface area contributed by atoms with Gasteiger partial charge in [0.25, 0.3) is 5.91 Å². The molecule has 4 rings (SSSR count). The van der Waals surface area contributed by atoms with Crippen LogP contribution in [0.4, 0.5) is 0 Å². The Morgan fingerprint density at radius 2 is 1.94 bits per heavy atom. The summed E-state index contributed by atoms with van der Waals surface area (Å²) >= 11 is 0. The zero-order valence-corrected chi connectivity index (χ0v) is 10.6. The van der Waals surface area contributed by atoms with E-state index in [4.69, 9.17) is 5.73 Å². The Morgan fingerprint density at radius 1 is 1.28 bits per heavy atom. The van der Waals surface area contributed by atoms with E-state index in [0.717, 1.165) is 35.7 Å². The van der Waals surface area contributed by atoms with Gasteiger partial charge in [-0.15, -0.1) is 0 Å². The summed E-state index contributed by atoms with van der Waals surface area (Å²) in [5.74, 6) is 0.649. The Bertz CT molecular complexity index is 424. The molecule has 0 aromatic carbocycles. The van der Waals surface area contributed by atoms with E-state index in [-0.39, 0.29) is 11.9 Å². The van der Waals surface area contributed by atoms with Gasteiger partial charge in [0.1, 0.15) is 5.69 Å². The first-order valence-corrected chi connectivity index (χ1v) is 6.77. The number of piperidine rings is 3. The zero-order chi connectivity index (χ0) is 12.6. The third kappa shape index (κ3) is 1.81. The van der Waals surface area contributed by atoms with Gasteiger partial charge >= 0.3 is 0 Å². The number of hydrogen-bond acceptors (Lipinski definition) is 2. The standard InChI is InChI=1S/C14H19N3O/c15-14(18)13(12-3-1-2-7-16-12)17-8-4-11(5-9-17)6-10-17/h1-3,7,11,13H,4-6,8-10H2,(H-,15,18)/p+1. The Balaban J connectivity index is 1.97. The molecular formula is C14H20N3O+. The van der Waals surface area contributed by atoms with Crippen LogP contribution in [0.2, 0.25) is 0 Å². The van der Waals surface area contributed by atoms with Crippen LogP contribution >= 0.6 is 0 Å². The van der Waals surface area contributed by atoms with Crippen LogP contribution < -0.4 is 5.73 Å². The first kappa shape index (κ1) is 11.7. The van der Waals surface area contributed by atoms with Gasteiger partial charge in [0.05, 0.1) is 19.6 Å². The van der Waals surface area contributed by atoms with Crippen molar-refractivity contribution in [2.75, 3.05) is 19.6 Å². The number of fused-ring (bicyclic) bond motifs is 3. The predicted molar refractivity (Wildman–Crippen MR) is 68.4 cm³/mol. The maximum absolute atomic E-state index is 11.9. The van der Waals surface area contributed by atoms with Crippen LogP contribution in [0.1, 0.15) is 31.0 Å². The van der Waals surface area contributed by atoms with Crippen molar-refractivity contribution in [2.24, 2.45) is 11.7 Å². The Morgan fingerprint density at radius 3 is 2.44 bits per heavy atom. The summed E-state index contributed by atoms with van der Waals surface area (Å²) in [6.45, 7) is 3.23. The number of nitrogens with zero attached hydrogens (tertiary/aromatic N) is 2. The highest BCUT2D eigenvalue weighted by Gasteiger charge is 2.48. The molecule has 3 fully saturated rings. The molecule has 2 bridgehead atoms. The highest BCUT2D eigenvalue weighted by Crippen LogP contribution is 2.40. The van der Waals surface area contributed by atoms with Crippen molar-refractivity contribution in [2.45, 2.75) is 25.3 Å². The van der Waals surface area contributed by atoms with Crippen molar-refractivity contribution >= 4 is 5.91 Å². The SMILES string of the molecule is NC(=O)C(c1ccccn1)[N+]12CCC(CC1)CC2. The molecule has 1 atom stereocenters. The molecule has 0 aliphatic carbocycles. The number of pyridine rings is 1. The normalized spacial score (nSPS) is 32.1. The van der Waals surface area contributed by atoms with Gasteiger partial charge in [-0.1, -0.05) is 6.07 Å². The van der Waals surface area contributed by atoms with E-state index < -0.39 is 0 Å². The molecule has 96 valence electrons. The predicted octanol–water partition coefficient (Wildman–Crippen LogP) is 1.24. The van der Waals surface area contributed by atoms with Gasteiger partial charge in [-0.25, -0.2) is 0 Å². The van der Waals surface area contributed by atoms with Crippen LogP contribution in [0.3, 0.4) is 0 Å². The maximum Gasteiger partial charge on any atom is 0.282 e. The summed E-state index contributed by atoms with van der Waals surface area (Å²) in [6.07, 6.45) is 5.45. The second-order valence-corrected chi connectivity index (χ2v) is 5.68. The van der Waals surface area contributed by atoms with Crippen molar-refractivity contribution in [3.05, 3.63) is 30.1 Å². The number of quaternary nitrogens is 1. The van der Waals surface area contributed by atoms with E-state index in [0.29, 0.717) is 0 Å². The van der Waals surface area contributed by atoms with Crippen molar-refractivity contribution < 1.29 is 9.28 Å². The number of carbonyl (C=O) groups is 1. The number of amides is 1. The lowest BCUT2D eigenvalue weighted by Gasteiger charge is -2.52. The van der Waals surface area contributed by atoms with Gasteiger partial charge in [0.15, 0.2) is 0 Å². The first-order valence-electron chi connectivity index (χ1n) is 6.77. The number of carbonyl (C=O) groups excluding carboxylic acids is 1. The first-order chi connectivity index (χ1) is 8.71. The average molecular weight is 246 g/mol. The zero-order valence-electron chi connectivity index (χ0n) is 10.6. The second kappa shape index (κ2) is 4.35. The lowest BCUT2D eigenvalue weighted by molar-refractivity contribution is -0.962. The van der Waals surface area contributed by atoms with Gasteiger partial charge < -0.3 is 10.2 Å². The molecule has 4 nitrogen and oxygen atoms in total. The molecular weight excluding hydrogens is 226 g/mol. The van der Waals surface area contributed by atoms with E-state index in [1.54, 1.807) is 6.20 Å². The fraction of sp³-hybridized carbons (Fsp3) is 0.571. The summed E-state index contributed by atoms with van der Waals surface area (Å²) in [4.78, 5) is 16.3. The third-order valence-corrected chi connectivity index (χ3v) is 4.73. The third-order valence-electron chi connectivity index (χ3n) is 4.73. The van der Waals surface area contributed by atoms with Gasteiger partial charge in [0, 0.05) is 6.20 Å². The summed E-state index contributed by atoms with van der Waals surface area (Å²) in [5, 5.41) is 0. The Hall–Kier alpha value is -1.42. The molecule has 0 spiro atoms. The van der Waals surface area contributed by atoms with E-state index >= 15 is 0 Å². The van der Waals surface area contributed by atoms with Crippen molar-refractivity contribution in [3.63, 3.8) is 0 Å². The van der Waals surface area contributed by atoms with Gasteiger partial charge in [-0.2, -0.15) is 0 Å². The van der Waals surface area contributed by atoms with Crippen LogP contribution in [-0.2, 0) is 4.79 Å². The summed E-state index contributed by atoms with van der Waals surface area (Å²) in [5.41, 5.74) is 6.52. The van der Waals surface area contributed by atoms with E-state index in [1.807, 2.05) is 18.2 Å².